The molecule has 2 rings (SSSR count). The van der Waals surface area contributed by atoms with Gasteiger partial charge in [-0.05, 0) is 38.1 Å². The second-order valence-corrected chi connectivity index (χ2v) is 5.01. The van der Waals surface area contributed by atoms with Crippen LogP contribution in [-0.2, 0) is 0 Å². The number of rotatable bonds is 7. The van der Waals surface area contributed by atoms with Crippen LogP contribution >= 0.6 is 0 Å². The Kier molecular flexibility index (Phi) is 5.32. The lowest BCUT2D eigenvalue weighted by Crippen LogP contribution is -2.12. The van der Waals surface area contributed by atoms with Crippen molar-refractivity contribution in [1.29, 1.82) is 0 Å². The molecule has 0 atom stereocenters. The molecular formula is C17H22N2O2. The summed E-state index contributed by atoms with van der Waals surface area (Å²) in [5.41, 5.74) is 7.51. The summed E-state index contributed by atoms with van der Waals surface area (Å²) in [5.74, 6) is 1.58. The first-order valence-electron chi connectivity index (χ1n) is 7.13. The summed E-state index contributed by atoms with van der Waals surface area (Å²) in [6, 6.07) is 15.5. The van der Waals surface area contributed by atoms with Crippen molar-refractivity contribution in [3.8, 4) is 11.5 Å². The molecule has 21 heavy (non-hydrogen) atoms. The highest BCUT2D eigenvalue weighted by atomic mass is 16.5. The molecule has 0 spiro atoms. The van der Waals surface area contributed by atoms with Gasteiger partial charge in [-0.25, -0.2) is 0 Å². The zero-order valence-corrected chi connectivity index (χ0v) is 12.5. The number of ether oxygens (including phenoxy) is 2. The summed E-state index contributed by atoms with van der Waals surface area (Å²) in [4.78, 5) is 0. The van der Waals surface area contributed by atoms with Gasteiger partial charge in [-0.2, -0.15) is 0 Å². The molecule has 0 heterocycles. The Morgan fingerprint density at radius 1 is 1.10 bits per heavy atom. The smallest absolute Gasteiger partial charge is 0.144 e. The van der Waals surface area contributed by atoms with Crippen LogP contribution in [0.15, 0.2) is 48.5 Å². The Morgan fingerprint density at radius 3 is 2.57 bits per heavy atom. The fraction of sp³-hybridized carbons (Fsp3) is 0.294. The Bertz CT molecular complexity index is 556. The third-order valence-electron chi connectivity index (χ3n) is 2.82. The van der Waals surface area contributed by atoms with Gasteiger partial charge in [-0.15, -0.1) is 0 Å². The standard InChI is InChI=1S/C17H22N2O2/c1-13(2)21-17-12-14(8-9-16(17)18)19-10-11-20-15-6-4-3-5-7-15/h3-9,12-13,19H,10-11,18H2,1-2H3. The summed E-state index contributed by atoms with van der Waals surface area (Å²) in [5, 5.41) is 3.30. The van der Waals surface area contributed by atoms with Crippen molar-refractivity contribution in [2.24, 2.45) is 0 Å². The number of nitrogen functional groups attached to an aromatic ring is 1. The Hall–Kier alpha value is -2.36. The van der Waals surface area contributed by atoms with Crippen LogP contribution in [0.2, 0.25) is 0 Å². The van der Waals surface area contributed by atoms with E-state index in [0.29, 0.717) is 24.6 Å². The van der Waals surface area contributed by atoms with Crippen molar-refractivity contribution in [2.45, 2.75) is 20.0 Å². The number of anilines is 2. The molecular weight excluding hydrogens is 264 g/mol. The van der Waals surface area contributed by atoms with E-state index in [1.54, 1.807) is 0 Å². The molecule has 3 N–H and O–H groups in total. The highest BCUT2D eigenvalue weighted by Gasteiger charge is 2.04. The average Bonchev–Trinajstić information content (AvgIpc) is 2.47. The molecule has 4 heteroatoms. The number of para-hydroxylation sites is 1. The largest absolute Gasteiger partial charge is 0.492 e. The van der Waals surface area contributed by atoms with Crippen LogP contribution in [-0.4, -0.2) is 19.3 Å². The molecule has 0 saturated carbocycles. The van der Waals surface area contributed by atoms with E-state index in [1.807, 2.05) is 62.4 Å². The van der Waals surface area contributed by atoms with E-state index >= 15 is 0 Å². The quantitative estimate of drug-likeness (QED) is 0.604. The maximum absolute atomic E-state index is 5.89. The minimum Gasteiger partial charge on any atom is -0.492 e. The van der Waals surface area contributed by atoms with Gasteiger partial charge in [0.1, 0.15) is 18.1 Å². The van der Waals surface area contributed by atoms with Crippen molar-refractivity contribution in [1.82, 2.24) is 0 Å². The summed E-state index contributed by atoms with van der Waals surface area (Å²) < 4.78 is 11.3. The topological polar surface area (TPSA) is 56.5 Å². The highest BCUT2D eigenvalue weighted by molar-refractivity contribution is 5.61. The SMILES string of the molecule is CC(C)Oc1cc(NCCOc2ccccc2)ccc1N. The molecule has 0 saturated heterocycles. The van der Waals surface area contributed by atoms with Gasteiger partial charge < -0.3 is 20.5 Å². The lowest BCUT2D eigenvalue weighted by atomic mass is 10.2. The van der Waals surface area contributed by atoms with Crippen molar-refractivity contribution < 1.29 is 9.47 Å². The van der Waals surface area contributed by atoms with Crippen LogP contribution in [0.4, 0.5) is 11.4 Å². The van der Waals surface area contributed by atoms with E-state index in [1.165, 1.54) is 0 Å². The molecule has 0 fully saturated rings. The van der Waals surface area contributed by atoms with Crippen LogP contribution in [0.3, 0.4) is 0 Å². The average molecular weight is 286 g/mol. The summed E-state index contributed by atoms with van der Waals surface area (Å²) >= 11 is 0. The lowest BCUT2D eigenvalue weighted by molar-refractivity contribution is 0.244. The molecule has 0 bridgehead atoms. The summed E-state index contributed by atoms with van der Waals surface area (Å²) in [6.07, 6.45) is 0.101. The van der Waals surface area contributed by atoms with E-state index in [0.717, 1.165) is 11.4 Å². The predicted molar refractivity (Wildman–Crippen MR) is 87.0 cm³/mol. The first kappa shape index (κ1) is 15.0. The van der Waals surface area contributed by atoms with Crippen molar-refractivity contribution in [3.63, 3.8) is 0 Å². The fourth-order valence-corrected chi connectivity index (χ4v) is 1.88. The third-order valence-corrected chi connectivity index (χ3v) is 2.82. The molecule has 112 valence electrons. The zero-order valence-electron chi connectivity index (χ0n) is 12.5. The van der Waals surface area contributed by atoms with Gasteiger partial charge in [-0.3, -0.25) is 0 Å². The van der Waals surface area contributed by atoms with Crippen LogP contribution in [0.5, 0.6) is 11.5 Å². The van der Waals surface area contributed by atoms with E-state index in [-0.39, 0.29) is 6.10 Å². The minimum atomic E-state index is 0.101. The van der Waals surface area contributed by atoms with Gasteiger partial charge >= 0.3 is 0 Å². The molecule has 2 aromatic carbocycles. The third kappa shape index (κ3) is 4.91. The predicted octanol–water partition coefficient (Wildman–Crippen LogP) is 3.55. The fourth-order valence-electron chi connectivity index (χ4n) is 1.88. The van der Waals surface area contributed by atoms with Gasteiger partial charge in [-0.1, -0.05) is 18.2 Å². The van der Waals surface area contributed by atoms with Gasteiger partial charge in [0.15, 0.2) is 0 Å². The van der Waals surface area contributed by atoms with E-state index < -0.39 is 0 Å². The monoisotopic (exact) mass is 286 g/mol. The van der Waals surface area contributed by atoms with E-state index in [2.05, 4.69) is 5.32 Å². The van der Waals surface area contributed by atoms with Crippen LogP contribution < -0.4 is 20.5 Å². The van der Waals surface area contributed by atoms with Crippen LogP contribution in [0.25, 0.3) is 0 Å². The normalized spacial score (nSPS) is 10.4. The molecule has 4 nitrogen and oxygen atoms in total. The summed E-state index contributed by atoms with van der Waals surface area (Å²) in [7, 11) is 0. The van der Waals surface area contributed by atoms with Crippen LogP contribution in [0, 0.1) is 0 Å². The van der Waals surface area contributed by atoms with E-state index in [9.17, 15) is 0 Å². The minimum absolute atomic E-state index is 0.101. The first-order chi connectivity index (χ1) is 10.1. The summed E-state index contributed by atoms with van der Waals surface area (Å²) in [6.45, 7) is 5.26. The molecule has 0 unspecified atom stereocenters. The second-order valence-electron chi connectivity index (χ2n) is 5.01. The maximum atomic E-state index is 5.89. The van der Waals surface area contributed by atoms with Crippen molar-refractivity contribution in [2.75, 3.05) is 24.2 Å². The first-order valence-corrected chi connectivity index (χ1v) is 7.13. The van der Waals surface area contributed by atoms with Gasteiger partial charge in [0, 0.05) is 18.3 Å². The Morgan fingerprint density at radius 2 is 1.86 bits per heavy atom. The maximum Gasteiger partial charge on any atom is 0.144 e. The molecule has 2 aromatic rings. The molecule has 0 aromatic heterocycles. The number of nitrogens with one attached hydrogen (secondary N) is 1. The number of hydrogen-bond acceptors (Lipinski definition) is 4. The van der Waals surface area contributed by atoms with Gasteiger partial charge in [0.05, 0.1) is 11.8 Å². The van der Waals surface area contributed by atoms with Gasteiger partial charge in [0.25, 0.3) is 0 Å². The zero-order chi connectivity index (χ0) is 15.1. The Balaban J connectivity index is 1.83. The number of benzene rings is 2. The molecule has 0 radical (unpaired) electrons. The molecule has 0 aliphatic rings. The van der Waals surface area contributed by atoms with Crippen molar-refractivity contribution >= 4 is 11.4 Å². The van der Waals surface area contributed by atoms with E-state index in [4.69, 9.17) is 15.2 Å². The van der Waals surface area contributed by atoms with Gasteiger partial charge in [0.2, 0.25) is 0 Å². The second kappa shape index (κ2) is 7.43. The van der Waals surface area contributed by atoms with Crippen LogP contribution in [0.1, 0.15) is 13.8 Å². The lowest BCUT2D eigenvalue weighted by Gasteiger charge is -2.14. The van der Waals surface area contributed by atoms with Crippen molar-refractivity contribution in [3.05, 3.63) is 48.5 Å². The molecule has 0 aliphatic carbocycles. The molecule has 0 aliphatic heterocycles. The highest BCUT2D eigenvalue weighted by Crippen LogP contribution is 2.26. The Labute approximate surface area is 125 Å². The molecule has 0 amide bonds. The number of nitrogens with two attached hydrogens (primary N) is 1. The number of hydrogen-bond donors (Lipinski definition) is 2.